The standard InChI is InChI=1S/C57H96N2.Ni/c1-4-7-10-13-16-18-20-22-24-26-28-30-33-35-38-41-53-44-48-55(49-45-53)58-52-57(43-40-37-32-15-12-9-6-3)59-56-50-46-54(47-51-56)42-39-36-34-31-29-27-25-23-21-19-17-14-11-8-5-2;/h40,43-52H,4-39,41-42H2,1-3H3;/b43-40+,58-52+,59-57+;. The molecule has 0 N–H and O–H groups in total. The Hall–Kier alpha value is -1.99. The van der Waals surface area contributed by atoms with E-state index in [2.05, 4.69) is 81.5 Å². The molecule has 344 valence electrons. The summed E-state index contributed by atoms with van der Waals surface area (Å²) in [5.74, 6) is 0. The van der Waals surface area contributed by atoms with E-state index in [4.69, 9.17) is 9.98 Å². The van der Waals surface area contributed by atoms with Crippen molar-refractivity contribution in [1.82, 2.24) is 0 Å². The van der Waals surface area contributed by atoms with Crippen molar-refractivity contribution >= 4 is 23.3 Å². The molecule has 3 heteroatoms. The first-order valence-corrected chi connectivity index (χ1v) is 26.2. The second kappa shape index (κ2) is 43.7. The molecule has 2 rings (SSSR count). The molecule has 60 heavy (non-hydrogen) atoms. The van der Waals surface area contributed by atoms with Crippen LogP contribution >= 0.6 is 0 Å². The van der Waals surface area contributed by atoms with Crippen molar-refractivity contribution in [3.8, 4) is 0 Å². The number of unbranched alkanes of at least 4 members (excludes halogenated alkanes) is 33. The van der Waals surface area contributed by atoms with Crippen molar-refractivity contribution in [3.63, 3.8) is 0 Å². The SMILES string of the molecule is CCCCCCC/C=C/C(/C=N/c1ccc(CCCCCCCCCCCCCCCCC)cc1)=N\c1ccc(CCCCCCCCCCCCCCCCC)cc1.[Ni]. The average Bonchev–Trinajstić information content (AvgIpc) is 3.26. The van der Waals surface area contributed by atoms with Gasteiger partial charge in [-0.25, -0.2) is 4.99 Å². The Morgan fingerprint density at radius 1 is 0.367 bits per heavy atom. The fraction of sp³-hybridized carbons (Fsp3) is 0.719. The molecule has 0 spiro atoms. The summed E-state index contributed by atoms with van der Waals surface area (Å²) >= 11 is 0. The average molecular weight is 868 g/mol. The van der Waals surface area contributed by atoms with E-state index in [1.165, 1.54) is 249 Å². The molecule has 2 aromatic carbocycles. The largest absolute Gasteiger partial charge is 0.255 e. The maximum atomic E-state index is 5.04. The van der Waals surface area contributed by atoms with E-state index in [0.29, 0.717) is 0 Å². The molecule has 0 aliphatic rings. The van der Waals surface area contributed by atoms with Crippen LogP contribution in [-0.4, -0.2) is 11.9 Å². The number of allylic oxidation sites excluding steroid dienone is 2. The van der Waals surface area contributed by atoms with Crippen LogP contribution in [0.4, 0.5) is 11.4 Å². The van der Waals surface area contributed by atoms with Gasteiger partial charge in [-0.05, 0) is 80.0 Å². The van der Waals surface area contributed by atoms with Crippen LogP contribution in [0.25, 0.3) is 0 Å². The summed E-state index contributed by atoms with van der Waals surface area (Å²) in [6.07, 6.45) is 58.9. The molecule has 2 nitrogen and oxygen atoms in total. The van der Waals surface area contributed by atoms with Gasteiger partial charge in [0.2, 0.25) is 0 Å². The van der Waals surface area contributed by atoms with Gasteiger partial charge in [0.15, 0.2) is 0 Å². The first-order valence-electron chi connectivity index (χ1n) is 26.2. The molecule has 0 saturated heterocycles. The molecule has 0 aliphatic carbocycles. The van der Waals surface area contributed by atoms with Crippen LogP contribution in [0.5, 0.6) is 0 Å². The fourth-order valence-electron chi connectivity index (χ4n) is 8.36. The number of rotatable bonds is 42. The molecule has 0 aromatic heterocycles. The third-order valence-corrected chi connectivity index (χ3v) is 12.4. The molecular weight excluding hydrogens is 771 g/mol. The molecule has 0 saturated carbocycles. The fourth-order valence-corrected chi connectivity index (χ4v) is 8.36. The summed E-state index contributed by atoms with van der Waals surface area (Å²) in [5, 5.41) is 0. The number of aryl methyl sites for hydroxylation is 2. The Labute approximate surface area is 384 Å². The summed E-state index contributed by atoms with van der Waals surface area (Å²) in [4.78, 5) is 9.92. The molecule has 0 aliphatic heterocycles. The van der Waals surface area contributed by atoms with E-state index < -0.39 is 0 Å². The van der Waals surface area contributed by atoms with Crippen LogP contribution in [0.1, 0.15) is 263 Å². The van der Waals surface area contributed by atoms with Crippen LogP contribution < -0.4 is 0 Å². The number of aliphatic imine (C=N–C) groups is 2. The minimum absolute atomic E-state index is 0. The quantitative estimate of drug-likeness (QED) is 0.0361. The van der Waals surface area contributed by atoms with E-state index in [9.17, 15) is 0 Å². The molecule has 0 fully saturated rings. The molecule has 0 radical (unpaired) electrons. The topological polar surface area (TPSA) is 24.7 Å². The van der Waals surface area contributed by atoms with E-state index >= 15 is 0 Å². The van der Waals surface area contributed by atoms with Crippen LogP contribution in [-0.2, 0) is 29.3 Å². The zero-order chi connectivity index (χ0) is 41.9. The van der Waals surface area contributed by atoms with Crippen molar-refractivity contribution in [2.75, 3.05) is 0 Å². The zero-order valence-electron chi connectivity index (χ0n) is 39.9. The van der Waals surface area contributed by atoms with Crippen LogP contribution in [0.2, 0.25) is 0 Å². The van der Waals surface area contributed by atoms with E-state index in [1.807, 2.05) is 6.21 Å². The van der Waals surface area contributed by atoms with Gasteiger partial charge in [0.1, 0.15) is 0 Å². The Kier molecular flexibility index (Phi) is 40.8. The van der Waals surface area contributed by atoms with Gasteiger partial charge in [-0.3, -0.25) is 4.99 Å². The summed E-state index contributed by atoms with van der Waals surface area (Å²) < 4.78 is 0. The van der Waals surface area contributed by atoms with Gasteiger partial charge in [0.25, 0.3) is 0 Å². The number of benzene rings is 2. The van der Waals surface area contributed by atoms with Crippen molar-refractivity contribution in [3.05, 3.63) is 71.8 Å². The van der Waals surface area contributed by atoms with Crippen LogP contribution in [0.3, 0.4) is 0 Å². The molecule has 0 bridgehead atoms. The molecule has 2 aromatic rings. The third-order valence-electron chi connectivity index (χ3n) is 12.4. The van der Waals surface area contributed by atoms with Gasteiger partial charge in [-0.15, -0.1) is 0 Å². The first-order chi connectivity index (χ1) is 29.2. The van der Waals surface area contributed by atoms with E-state index in [-0.39, 0.29) is 16.5 Å². The Morgan fingerprint density at radius 3 is 1.02 bits per heavy atom. The Balaban J connectivity index is 0.0000180. The van der Waals surface area contributed by atoms with Gasteiger partial charge in [0, 0.05) is 16.5 Å². The molecule has 0 heterocycles. The maximum absolute atomic E-state index is 5.04. The van der Waals surface area contributed by atoms with Gasteiger partial charge >= 0.3 is 0 Å². The van der Waals surface area contributed by atoms with Crippen molar-refractivity contribution in [2.24, 2.45) is 9.98 Å². The maximum Gasteiger partial charge on any atom is 0.0816 e. The number of nitrogens with zero attached hydrogens (tertiary/aromatic N) is 2. The van der Waals surface area contributed by atoms with Crippen molar-refractivity contribution in [2.45, 2.75) is 265 Å². The molecule has 0 atom stereocenters. The minimum Gasteiger partial charge on any atom is -0.255 e. The summed E-state index contributed by atoms with van der Waals surface area (Å²) in [6.45, 7) is 6.89. The van der Waals surface area contributed by atoms with Gasteiger partial charge in [-0.1, -0.05) is 257 Å². The zero-order valence-corrected chi connectivity index (χ0v) is 40.9. The third kappa shape index (κ3) is 34.6. The molecule has 0 unspecified atom stereocenters. The Morgan fingerprint density at radius 2 is 0.667 bits per heavy atom. The minimum atomic E-state index is 0. The predicted octanol–water partition coefficient (Wildman–Crippen LogP) is 19.9. The monoisotopic (exact) mass is 867 g/mol. The number of hydrogen-bond donors (Lipinski definition) is 0. The second-order valence-electron chi connectivity index (χ2n) is 18.1. The van der Waals surface area contributed by atoms with Gasteiger partial charge in [-0.2, -0.15) is 0 Å². The van der Waals surface area contributed by atoms with Crippen LogP contribution in [0, 0.1) is 0 Å². The number of hydrogen-bond acceptors (Lipinski definition) is 2. The normalized spacial score (nSPS) is 11.9. The summed E-state index contributed by atoms with van der Waals surface area (Å²) in [5.41, 5.74) is 5.80. The van der Waals surface area contributed by atoms with Gasteiger partial charge < -0.3 is 0 Å². The van der Waals surface area contributed by atoms with Crippen molar-refractivity contribution < 1.29 is 16.5 Å². The van der Waals surface area contributed by atoms with E-state index in [0.717, 1.165) is 23.5 Å². The van der Waals surface area contributed by atoms with Crippen molar-refractivity contribution in [1.29, 1.82) is 0 Å². The second-order valence-corrected chi connectivity index (χ2v) is 18.1. The smallest absolute Gasteiger partial charge is 0.0816 e. The van der Waals surface area contributed by atoms with Gasteiger partial charge in [0.05, 0.1) is 23.3 Å². The summed E-state index contributed by atoms with van der Waals surface area (Å²) in [6, 6.07) is 17.9. The summed E-state index contributed by atoms with van der Waals surface area (Å²) in [7, 11) is 0. The first kappa shape index (κ1) is 56.0. The predicted molar refractivity (Wildman–Crippen MR) is 268 cm³/mol. The van der Waals surface area contributed by atoms with E-state index in [1.54, 1.807) is 0 Å². The van der Waals surface area contributed by atoms with Crippen LogP contribution in [0.15, 0.2) is 70.7 Å². The molecule has 0 amide bonds. The Bertz CT molecular complexity index is 1260. The molecular formula is C57H96N2Ni.